The minimum absolute atomic E-state index is 0.0370. The highest BCUT2D eigenvalue weighted by Crippen LogP contribution is 2.25. The summed E-state index contributed by atoms with van der Waals surface area (Å²) in [7, 11) is 0. The number of allylic oxidation sites excluding steroid dienone is 2. The van der Waals surface area contributed by atoms with Crippen molar-refractivity contribution in [1.82, 2.24) is 9.80 Å². The molecule has 12 nitrogen and oxygen atoms in total. The van der Waals surface area contributed by atoms with Crippen LogP contribution >= 0.6 is 0 Å². The lowest BCUT2D eigenvalue weighted by atomic mass is 9.99. The minimum atomic E-state index is -0.353. The zero-order chi connectivity index (χ0) is 31.0. The fraction of sp³-hybridized carbons (Fsp3) is 0.419. The maximum Gasteiger partial charge on any atom is 0.210 e. The topological polar surface area (TPSA) is 173 Å². The van der Waals surface area contributed by atoms with Crippen LogP contribution in [-0.4, -0.2) is 126 Å². The van der Waals surface area contributed by atoms with E-state index in [0.29, 0.717) is 63.7 Å². The van der Waals surface area contributed by atoms with E-state index in [1.165, 1.54) is 6.08 Å². The van der Waals surface area contributed by atoms with Crippen LogP contribution in [0.4, 0.5) is 22.7 Å². The number of benzene rings is 2. The van der Waals surface area contributed by atoms with E-state index in [-0.39, 0.29) is 49.3 Å². The summed E-state index contributed by atoms with van der Waals surface area (Å²) in [6.45, 7) is 6.36. The number of anilines is 3. The molecule has 3 rings (SSSR count). The molecular weight excluding hydrogens is 552 g/mol. The van der Waals surface area contributed by atoms with Crippen molar-refractivity contribution in [3.8, 4) is 0 Å². The number of carbonyl (C=O) groups is 1. The van der Waals surface area contributed by atoms with Crippen LogP contribution in [0.25, 0.3) is 0 Å². The van der Waals surface area contributed by atoms with Gasteiger partial charge in [0.05, 0.1) is 37.8 Å². The van der Waals surface area contributed by atoms with Gasteiger partial charge in [0.2, 0.25) is 5.78 Å². The van der Waals surface area contributed by atoms with E-state index in [9.17, 15) is 9.90 Å². The summed E-state index contributed by atoms with van der Waals surface area (Å²) < 4.78 is 0. The van der Waals surface area contributed by atoms with Crippen LogP contribution in [0.5, 0.6) is 0 Å². The summed E-state index contributed by atoms with van der Waals surface area (Å²) in [5.41, 5.74) is 3.86. The normalized spacial score (nSPS) is 14.5. The van der Waals surface area contributed by atoms with Gasteiger partial charge in [0.15, 0.2) is 0 Å². The Morgan fingerprint density at radius 2 is 1.12 bits per heavy atom. The Balaban J connectivity index is 1.61. The molecule has 0 bridgehead atoms. The van der Waals surface area contributed by atoms with Crippen LogP contribution in [0.15, 0.2) is 76.6 Å². The largest absolute Gasteiger partial charge is 0.505 e. The van der Waals surface area contributed by atoms with Crippen molar-refractivity contribution in [1.29, 1.82) is 0 Å². The average molecular weight is 597 g/mol. The molecule has 2 aromatic rings. The van der Waals surface area contributed by atoms with Crippen molar-refractivity contribution in [2.75, 3.05) is 94.7 Å². The van der Waals surface area contributed by atoms with Crippen LogP contribution in [-0.2, 0) is 4.79 Å². The smallest absolute Gasteiger partial charge is 0.210 e. The van der Waals surface area contributed by atoms with Gasteiger partial charge in [0, 0.05) is 75.0 Å². The number of ketones is 1. The highest BCUT2D eigenvalue weighted by molar-refractivity contribution is 6.51. The third-order valence-corrected chi connectivity index (χ3v) is 6.92. The summed E-state index contributed by atoms with van der Waals surface area (Å²) in [5.74, 6) is -0.482. The first kappa shape index (κ1) is 33.7. The minimum Gasteiger partial charge on any atom is -0.505 e. The van der Waals surface area contributed by atoms with E-state index in [1.54, 1.807) is 19.1 Å². The third-order valence-electron chi connectivity index (χ3n) is 6.92. The maximum atomic E-state index is 12.9. The lowest BCUT2D eigenvalue weighted by molar-refractivity contribution is -0.109. The number of nitrogens with zero attached hydrogens (tertiary/aromatic N) is 3. The van der Waals surface area contributed by atoms with Gasteiger partial charge >= 0.3 is 0 Å². The van der Waals surface area contributed by atoms with Crippen LogP contribution in [0, 0.1) is 0 Å². The highest BCUT2D eigenvalue weighted by Gasteiger charge is 2.24. The highest BCUT2D eigenvalue weighted by atomic mass is 16.3. The molecule has 0 aromatic heterocycles. The second kappa shape index (κ2) is 18.0. The molecule has 234 valence electrons. The van der Waals surface area contributed by atoms with Gasteiger partial charge in [-0.2, -0.15) is 0 Å². The molecule has 12 heteroatoms. The van der Waals surface area contributed by atoms with E-state index in [4.69, 9.17) is 20.4 Å². The standard InChI is InChI=1S/C31H44N6O6/c1-23-30(42)28(34-26-6-2-24(3-7-26)32-10-12-36(14-18-38)15-19-39)22-29(31(23)43)35-27-8-4-25(5-9-27)33-11-13-37(16-20-40)17-21-41/h2-9,22,32-34,38-42H,10-21H2,1H3. The van der Waals surface area contributed by atoms with Crippen LogP contribution in [0.2, 0.25) is 0 Å². The van der Waals surface area contributed by atoms with Crippen LogP contribution in [0.1, 0.15) is 6.92 Å². The fourth-order valence-electron chi connectivity index (χ4n) is 4.52. The van der Waals surface area contributed by atoms with Crippen molar-refractivity contribution in [2.45, 2.75) is 6.92 Å². The molecule has 0 amide bonds. The summed E-state index contributed by atoms with van der Waals surface area (Å²) >= 11 is 0. The molecule has 43 heavy (non-hydrogen) atoms. The monoisotopic (exact) mass is 596 g/mol. The molecule has 0 radical (unpaired) electrons. The van der Waals surface area contributed by atoms with Gasteiger partial charge in [-0.05, 0) is 61.5 Å². The van der Waals surface area contributed by atoms with E-state index < -0.39 is 0 Å². The lowest BCUT2D eigenvalue weighted by Gasteiger charge is -2.20. The Kier molecular flexibility index (Phi) is 14.1. The molecule has 0 saturated heterocycles. The first-order valence-corrected chi connectivity index (χ1v) is 14.5. The number of hydrogen-bond donors (Lipinski definition) is 8. The Bertz CT molecular complexity index is 1230. The van der Waals surface area contributed by atoms with Gasteiger partial charge in [-0.1, -0.05) is 0 Å². The number of hydrogen-bond acceptors (Lipinski definition) is 12. The van der Waals surface area contributed by atoms with Crippen molar-refractivity contribution in [3.63, 3.8) is 0 Å². The quantitative estimate of drug-likeness (QED) is 0.111. The molecule has 1 aliphatic carbocycles. The van der Waals surface area contributed by atoms with Crippen molar-refractivity contribution in [3.05, 3.63) is 71.6 Å². The number of carbonyl (C=O) groups excluding carboxylic acids is 1. The first-order valence-electron chi connectivity index (χ1n) is 14.5. The van der Waals surface area contributed by atoms with E-state index in [1.807, 2.05) is 46.2 Å². The SMILES string of the molecule is CC1=C(O)C(Nc2ccc(NCCN(CCO)CCO)cc2)=CC(=Nc2ccc(NCCN(CCO)CCO)cc2)C1=O. The second-order valence-electron chi connectivity index (χ2n) is 10.0. The molecule has 0 unspecified atom stereocenters. The van der Waals surface area contributed by atoms with Crippen LogP contribution < -0.4 is 16.0 Å². The van der Waals surface area contributed by atoms with Crippen molar-refractivity contribution in [2.24, 2.45) is 4.99 Å². The number of rotatable bonds is 19. The Labute approximate surface area is 252 Å². The Hall–Kier alpha value is -3.78. The predicted octanol–water partition coefficient (Wildman–Crippen LogP) is 1.57. The maximum absolute atomic E-state index is 12.9. The number of aliphatic hydroxyl groups excluding tert-OH is 5. The molecule has 0 fully saturated rings. The van der Waals surface area contributed by atoms with Gasteiger partial charge in [0.1, 0.15) is 11.5 Å². The molecule has 0 heterocycles. The number of nitrogens with one attached hydrogen (secondary N) is 3. The molecule has 0 saturated carbocycles. The first-order chi connectivity index (χ1) is 20.9. The van der Waals surface area contributed by atoms with Gasteiger partial charge in [0.25, 0.3) is 0 Å². The predicted molar refractivity (Wildman–Crippen MR) is 170 cm³/mol. The molecular formula is C31H44N6O6. The molecule has 8 N–H and O–H groups in total. The van der Waals surface area contributed by atoms with Crippen molar-refractivity contribution < 1.29 is 30.3 Å². The Morgan fingerprint density at radius 1 is 0.674 bits per heavy atom. The van der Waals surface area contributed by atoms with Gasteiger partial charge < -0.3 is 41.5 Å². The molecule has 2 aromatic carbocycles. The molecule has 0 spiro atoms. The summed E-state index contributed by atoms with van der Waals surface area (Å²) in [4.78, 5) is 21.3. The summed E-state index contributed by atoms with van der Waals surface area (Å²) in [5, 5.41) is 57.0. The summed E-state index contributed by atoms with van der Waals surface area (Å²) in [6, 6.07) is 14.8. The van der Waals surface area contributed by atoms with E-state index >= 15 is 0 Å². The van der Waals surface area contributed by atoms with Gasteiger partial charge in [-0.25, -0.2) is 4.99 Å². The molecule has 1 aliphatic rings. The van der Waals surface area contributed by atoms with Gasteiger partial charge in [-0.15, -0.1) is 0 Å². The number of aliphatic imine (C=N–C) groups is 1. The second-order valence-corrected chi connectivity index (χ2v) is 10.0. The number of aliphatic hydroxyl groups is 5. The lowest BCUT2D eigenvalue weighted by Crippen LogP contribution is -2.34. The zero-order valence-corrected chi connectivity index (χ0v) is 24.7. The fourth-order valence-corrected chi connectivity index (χ4v) is 4.52. The summed E-state index contributed by atoms with van der Waals surface area (Å²) in [6.07, 6.45) is 1.54. The van der Waals surface area contributed by atoms with Crippen molar-refractivity contribution >= 4 is 34.2 Å². The van der Waals surface area contributed by atoms with Crippen LogP contribution in [0.3, 0.4) is 0 Å². The zero-order valence-electron chi connectivity index (χ0n) is 24.7. The molecule has 0 aliphatic heterocycles. The Morgan fingerprint density at radius 3 is 1.58 bits per heavy atom. The number of Topliss-reactive ketones (excluding diaryl/α,β-unsaturated/α-hetero) is 1. The third kappa shape index (κ3) is 10.8. The van der Waals surface area contributed by atoms with Gasteiger partial charge in [-0.3, -0.25) is 14.6 Å². The van der Waals surface area contributed by atoms with E-state index in [0.717, 1.165) is 17.1 Å². The van der Waals surface area contributed by atoms with E-state index in [2.05, 4.69) is 20.9 Å². The molecule has 0 atom stereocenters. The average Bonchev–Trinajstić information content (AvgIpc) is 3.00.